The van der Waals surface area contributed by atoms with Gasteiger partial charge >= 0.3 is 5.97 Å². The van der Waals surface area contributed by atoms with Crippen molar-refractivity contribution in [2.24, 2.45) is 5.92 Å². The number of esters is 1. The molecule has 0 N–H and O–H groups in total. The van der Waals surface area contributed by atoms with E-state index in [0.717, 1.165) is 32.1 Å². The minimum Gasteiger partial charge on any atom is -0.465 e. The molecule has 1 aromatic rings. The molecule has 180 valence electrons. The van der Waals surface area contributed by atoms with Crippen molar-refractivity contribution in [3.05, 3.63) is 5.89 Å². The number of carbonyl (C=O) groups is 3. The first-order valence-electron chi connectivity index (χ1n) is 11.4. The van der Waals surface area contributed by atoms with Crippen molar-refractivity contribution in [2.45, 2.75) is 76.6 Å². The van der Waals surface area contributed by atoms with Gasteiger partial charge in [0.1, 0.15) is 6.04 Å². The van der Waals surface area contributed by atoms with E-state index in [9.17, 15) is 14.4 Å². The second-order valence-electron chi connectivity index (χ2n) is 8.62. The van der Waals surface area contributed by atoms with Gasteiger partial charge in [-0.25, -0.2) is 0 Å². The molecule has 0 radical (unpaired) electrons. The number of Topliss-reactive ketones (excluding diaryl/α,β-unsaturated/α-hetero) is 1. The lowest BCUT2D eigenvalue weighted by Gasteiger charge is -2.36. The summed E-state index contributed by atoms with van der Waals surface area (Å²) < 4.78 is 10.6. The Hall–Kier alpha value is -1.94. The molecule has 0 saturated heterocycles. The molecule has 2 rings (SSSR count). The van der Waals surface area contributed by atoms with Crippen LogP contribution in [-0.2, 0) is 14.3 Å². The van der Waals surface area contributed by atoms with Crippen molar-refractivity contribution in [2.75, 3.05) is 32.5 Å². The number of amides is 1. The summed E-state index contributed by atoms with van der Waals surface area (Å²) in [6.07, 6.45) is 6.53. The maximum atomic E-state index is 13.2. The number of hydrogen-bond donors (Lipinski definition) is 0. The first-order chi connectivity index (χ1) is 15.3. The van der Waals surface area contributed by atoms with E-state index in [4.69, 9.17) is 9.15 Å². The van der Waals surface area contributed by atoms with Crippen LogP contribution >= 0.6 is 11.8 Å². The molecule has 1 unspecified atom stereocenters. The van der Waals surface area contributed by atoms with Gasteiger partial charge in [-0.1, -0.05) is 44.9 Å². The SMILES string of the molecule is CCOC(=O)CN(C)CCSc1nnc(C(=O)C(CC(C)C)N(C=O)C2CCCCC2)o1. The van der Waals surface area contributed by atoms with Crippen LogP contribution in [0.1, 0.15) is 70.0 Å². The van der Waals surface area contributed by atoms with Gasteiger partial charge in [0.25, 0.3) is 11.1 Å². The number of nitrogens with zero attached hydrogens (tertiary/aromatic N) is 4. The maximum absolute atomic E-state index is 13.2. The van der Waals surface area contributed by atoms with Crippen LogP contribution in [0.4, 0.5) is 0 Å². The predicted octanol–water partition coefficient (Wildman–Crippen LogP) is 3.05. The average molecular weight is 469 g/mol. The van der Waals surface area contributed by atoms with Crippen molar-refractivity contribution < 1.29 is 23.5 Å². The van der Waals surface area contributed by atoms with Crippen molar-refractivity contribution in [1.29, 1.82) is 0 Å². The summed E-state index contributed by atoms with van der Waals surface area (Å²) in [6, 6.07) is -0.509. The third kappa shape index (κ3) is 8.20. The smallest absolute Gasteiger partial charge is 0.320 e. The van der Waals surface area contributed by atoms with E-state index in [0.29, 0.717) is 30.5 Å². The number of ketones is 1. The normalized spacial score (nSPS) is 15.7. The van der Waals surface area contributed by atoms with Crippen LogP contribution in [0.5, 0.6) is 0 Å². The zero-order valence-electron chi connectivity index (χ0n) is 19.6. The molecule has 0 spiro atoms. The zero-order chi connectivity index (χ0) is 23.5. The van der Waals surface area contributed by atoms with E-state index in [-0.39, 0.29) is 36.1 Å². The predicted molar refractivity (Wildman–Crippen MR) is 122 cm³/mol. The van der Waals surface area contributed by atoms with Gasteiger partial charge in [0, 0.05) is 18.3 Å². The molecule has 1 atom stereocenters. The number of ether oxygens (including phenoxy) is 1. The lowest BCUT2D eigenvalue weighted by atomic mass is 9.91. The summed E-state index contributed by atoms with van der Waals surface area (Å²) in [6.45, 7) is 7.03. The molecule has 1 fully saturated rings. The second-order valence-corrected chi connectivity index (χ2v) is 9.66. The van der Waals surface area contributed by atoms with E-state index < -0.39 is 6.04 Å². The maximum Gasteiger partial charge on any atom is 0.320 e. The lowest BCUT2D eigenvalue weighted by Crippen LogP contribution is -2.48. The van der Waals surface area contributed by atoms with Gasteiger partial charge in [-0.05, 0) is 39.2 Å². The van der Waals surface area contributed by atoms with Gasteiger partial charge in [-0.2, -0.15) is 0 Å². The van der Waals surface area contributed by atoms with Crippen molar-refractivity contribution >= 4 is 29.9 Å². The Kier molecular flexibility index (Phi) is 11.2. The van der Waals surface area contributed by atoms with E-state index in [1.807, 2.05) is 25.8 Å². The average Bonchev–Trinajstić information content (AvgIpc) is 3.22. The molecule has 32 heavy (non-hydrogen) atoms. The van der Waals surface area contributed by atoms with Crippen LogP contribution in [0.15, 0.2) is 9.64 Å². The molecular formula is C22H36N4O5S. The fourth-order valence-corrected chi connectivity index (χ4v) is 4.72. The van der Waals surface area contributed by atoms with Crippen LogP contribution < -0.4 is 0 Å². The molecule has 0 aromatic carbocycles. The highest BCUT2D eigenvalue weighted by molar-refractivity contribution is 7.99. The van der Waals surface area contributed by atoms with E-state index >= 15 is 0 Å². The standard InChI is InChI=1S/C22H36N4O5S/c1-5-30-19(28)14-25(4)11-12-32-22-24-23-21(31-22)20(29)18(13-16(2)3)26(15-27)17-9-7-6-8-10-17/h15-18H,5-14H2,1-4H3. The molecule has 1 aliphatic carbocycles. The molecule has 1 heterocycles. The quantitative estimate of drug-likeness (QED) is 0.176. The minimum absolute atomic E-state index is 0.0549. The number of rotatable bonds is 14. The summed E-state index contributed by atoms with van der Waals surface area (Å²) in [4.78, 5) is 40.2. The zero-order valence-corrected chi connectivity index (χ0v) is 20.4. The fourth-order valence-electron chi connectivity index (χ4n) is 3.91. The third-order valence-corrected chi connectivity index (χ3v) is 6.29. The van der Waals surface area contributed by atoms with Gasteiger partial charge in [-0.15, -0.1) is 10.2 Å². The summed E-state index contributed by atoms with van der Waals surface area (Å²) in [5.74, 6) is 0.237. The van der Waals surface area contributed by atoms with Gasteiger partial charge in [0.05, 0.1) is 13.2 Å². The third-order valence-electron chi connectivity index (χ3n) is 5.50. The number of hydrogen-bond acceptors (Lipinski definition) is 9. The van der Waals surface area contributed by atoms with Crippen LogP contribution in [0.2, 0.25) is 0 Å². The number of carbonyl (C=O) groups excluding carboxylic acids is 3. The summed E-state index contributed by atoms with van der Waals surface area (Å²) in [5, 5.41) is 8.25. The first-order valence-corrected chi connectivity index (χ1v) is 12.4. The Morgan fingerprint density at radius 3 is 2.59 bits per heavy atom. The Morgan fingerprint density at radius 1 is 1.25 bits per heavy atom. The molecule has 0 bridgehead atoms. The van der Waals surface area contributed by atoms with Gasteiger partial charge in [-0.3, -0.25) is 19.3 Å². The van der Waals surface area contributed by atoms with Crippen LogP contribution in [0.3, 0.4) is 0 Å². The number of aromatic nitrogens is 2. The highest BCUT2D eigenvalue weighted by atomic mass is 32.2. The Labute approximate surface area is 194 Å². The Balaban J connectivity index is 1.97. The van der Waals surface area contributed by atoms with E-state index in [1.165, 1.54) is 18.2 Å². The van der Waals surface area contributed by atoms with Crippen molar-refractivity contribution in [1.82, 2.24) is 20.0 Å². The molecule has 1 amide bonds. The first kappa shape index (κ1) is 26.3. The molecule has 10 heteroatoms. The van der Waals surface area contributed by atoms with Crippen LogP contribution in [0.25, 0.3) is 0 Å². The summed E-state index contributed by atoms with van der Waals surface area (Å²) >= 11 is 1.33. The van der Waals surface area contributed by atoms with Crippen LogP contribution in [-0.4, -0.2) is 82.7 Å². The van der Waals surface area contributed by atoms with E-state index in [2.05, 4.69) is 10.2 Å². The molecule has 9 nitrogen and oxygen atoms in total. The van der Waals surface area contributed by atoms with Crippen molar-refractivity contribution in [3.8, 4) is 0 Å². The second kappa shape index (κ2) is 13.6. The largest absolute Gasteiger partial charge is 0.465 e. The fraction of sp³-hybridized carbons (Fsp3) is 0.773. The monoisotopic (exact) mass is 468 g/mol. The van der Waals surface area contributed by atoms with Gasteiger partial charge in [0.2, 0.25) is 12.2 Å². The van der Waals surface area contributed by atoms with E-state index in [1.54, 1.807) is 11.8 Å². The molecule has 1 aromatic heterocycles. The van der Waals surface area contributed by atoms with Gasteiger partial charge < -0.3 is 14.1 Å². The molecular weight excluding hydrogens is 432 g/mol. The molecule has 1 saturated carbocycles. The van der Waals surface area contributed by atoms with Gasteiger partial charge in [0.15, 0.2) is 0 Å². The minimum atomic E-state index is -0.593. The Bertz CT molecular complexity index is 736. The summed E-state index contributed by atoms with van der Waals surface area (Å²) in [7, 11) is 1.83. The molecule has 0 aliphatic heterocycles. The number of likely N-dealkylation sites (N-methyl/N-ethyl adjacent to an activating group) is 1. The molecule has 1 aliphatic rings. The van der Waals surface area contributed by atoms with Crippen molar-refractivity contribution in [3.63, 3.8) is 0 Å². The topological polar surface area (TPSA) is 106 Å². The summed E-state index contributed by atoms with van der Waals surface area (Å²) in [5.41, 5.74) is 0. The highest BCUT2D eigenvalue weighted by Gasteiger charge is 2.35. The van der Waals surface area contributed by atoms with Crippen LogP contribution in [0, 0.1) is 5.92 Å². The lowest BCUT2D eigenvalue weighted by molar-refractivity contribution is -0.144. The highest BCUT2D eigenvalue weighted by Crippen LogP contribution is 2.27. The number of thioether (sulfide) groups is 1. The Morgan fingerprint density at radius 2 is 1.97 bits per heavy atom.